The number of hydrogen-bond donors (Lipinski definition) is 5. The first-order valence-electron chi connectivity index (χ1n) is 19.4. The van der Waals surface area contributed by atoms with E-state index in [1.165, 1.54) is 42.2 Å². The van der Waals surface area contributed by atoms with Gasteiger partial charge in [0.2, 0.25) is 5.91 Å². The maximum atomic E-state index is 14.9. The molecule has 3 atom stereocenters. The van der Waals surface area contributed by atoms with E-state index in [4.69, 9.17) is 20.9 Å². The van der Waals surface area contributed by atoms with E-state index < -0.39 is 35.7 Å². The molecule has 59 heavy (non-hydrogen) atoms. The van der Waals surface area contributed by atoms with Crippen LogP contribution in [-0.4, -0.2) is 120 Å². The highest BCUT2D eigenvalue weighted by Crippen LogP contribution is 2.43. The number of anilines is 1. The molecular formula is C41H48F3N9O6. The number of nitrogens with two attached hydrogens (primary N) is 2. The molecule has 0 aliphatic carbocycles. The first-order valence-corrected chi connectivity index (χ1v) is 19.4. The van der Waals surface area contributed by atoms with Crippen LogP contribution in [0.25, 0.3) is 5.70 Å². The summed E-state index contributed by atoms with van der Waals surface area (Å²) < 4.78 is 55.9. The van der Waals surface area contributed by atoms with Gasteiger partial charge < -0.3 is 56.2 Å². The number of allylic oxidation sites excluding steroid dienone is 1. The first-order chi connectivity index (χ1) is 28.4. The number of hydrogen-bond acceptors (Lipinski definition) is 13. The Morgan fingerprint density at radius 1 is 1.19 bits per heavy atom. The number of fused-ring (bicyclic) bond motifs is 2. The number of aldehydes is 1. The van der Waals surface area contributed by atoms with E-state index in [9.17, 15) is 32.7 Å². The zero-order valence-corrected chi connectivity index (χ0v) is 32.8. The number of methoxy groups -OCH3 is 1. The molecule has 314 valence electrons. The van der Waals surface area contributed by atoms with Crippen molar-refractivity contribution in [3.63, 3.8) is 0 Å². The Bertz CT molecular complexity index is 2160. The lowest BCUT2D eigenvalue weighted by atomic mass is 9.93. The van der Waals surface area contributed by atoms with E-state index in [-0.39, 0.29) is 72.8 Å². The van der Waals surface area contributed by atoms with Crippen molar-refractivity contribution < 1.29 is 42.1 Å². The number of phenols is 1. The summed E-state index contributed by atoms with van der Waals surface area (Å²) in [6, 6.07) is 10.8. The Labute approximate surface area is 339 Å². The molecule has 2 aromatic carbocycles. The fraction of sp³-hybridized carbons (Fsp3) is 0.415. The van der Waals surface area contributed by atoms with Crippen LogP contribution in [0.4, 0.5) is 18.9 Å². The molecule has 1 aromatic heterocycles. The minimum Gasteiger partial charge on any atom is -0.504 e. The third-order valence-corrected chi connectivity index (χ3v) is 11.6. The number of halogens is 3. The average Bonchev–Trinajstić information content (AvgIpc) is 3.78. The number of likely N-dealkylation sites (N-methyl/N-ethyl adjacent to an activating group) is 1. The molecule has 3 unspecified atom stereocenters. The van der Waals surface area contributed by atoms with Gasteiger partial charge >= 0.3 is 0 Å². The molecule has 4 aliphatic rings. The maximum absolute atomic E-state index is 14.9. The fourth-order valence-electron chi connectivity index (χ4n) is 8.39. The molecular weight excluding hydrogens is 772 g/mol. The lowest BCUT2D eigenvalue weighted by Crippen LogP contribution is -2.59. The van der Waals surface area contributed by atoms with Crippen LogP contribution in [0.2, 0.25) is 0 Å². The van der Waals surface area contributed by atoms with Gasteiger partial charge in [-0.25, -0.2) is 18.2 Å². The molecule has 0 saturated carbocycles. The number of aromatic nitrogens is 1. The molecule has 7 rings (SSSR count). The number of nitrogens with one attached hydrogen (secondary N) is 2. The van der Waals surface area contributed by atoms with Crippen LogP contribution in [-0.2, 0) is 22.7 Å². The highest BCUT2D eigenvalue weighted by Gasteiger charge is 2.56. The molecule has 2 amide bonds. The van der Waals surface area contributed by atoms with Crippen molar-refractivity contribution in [3.05, 3.63) is 94.3 Å². The molecule has 5 heterocycles. The van der Waals surface area contributed by atoms with E-state index in [1.54, 1.807) is 6.20 Å². The van der Waals surface area contributed by atoms with Crippen LogP contribution >= 0.6 is 0 Å². The number of para-hydroxylation sites is 1. The summed E-state index contributed by atoms with van der Waals surface area (Å²) in [5.41, 5.74) is 14.1. The number of carbonyl (C=O) groups is 3. The van der Waals surface area contributed by atoms with Crippen molar-refractivity contribution in [2.24, 2.45) is 11.5 Å². The normalized spacial score (nSPS) is 21.3. The minimum absolute atomic E-state index is 0.00582. The van der Waals surface area contributed by atoms with Gasteiger partial charge in [0.15, 0.2) is 17.3 Å². The molecule has 7 N–H and O–H groups in total. The maximum Gasteiger partial charge on any atom is 0.263 e. The van der Waals surface area contributed by atoms with Crippen LogP contribution in [0.15, 0.2) is 66.3 Å². The van der Waals surface area contributed by atoms with Gasteiger partial charge in [-0.3, -0.25) is 14.5 Å². The van der Waals surface area contributed by atoms with Crippen molar-refractivity contribution in [3.8, 4) is 17.4 Å². The number of rotatable bonds is 14. The summed E-state index contributed by atoms with van der Waals surface area (Å²) >= 11 is 0. The topological polar surface area (TPSA) is 192 Å². The van der Waals surface area contributed by atoms with Gasteiger partial charge in [0, 0.05) is 94.4 Å². The zero-order chi connectivity index (χ0) is 42.0. The first kappa shape index (κ1) is 41.0. The van der Waals surface area contributed by atoms with Gasteiger partial charge in [0.1, 0.15) is 29.8 Å². The summed E-state index contributed by atoms with van der Waals surface area (Å²) in [4.78, 5) is 49.1. The quantitative estimate of drug-likeness (QED) is 0.149. The second-order valence-electron chi connectivity index (χ2n) is 15.1. The standard InChI is InChI=1S/C41H48F3N9O6/c1-47-37(56)32(7-4-14-54)52-21-25-8-9-26(16-29(25)39(52)57)51-12-10-50(11-13-51)20-24-15-34(58-2)38(48-19-24)59-27-18-41(40(43)44)23-49-36(46)33(53(41)22-27)17-31(45)28-5-3-6-30(42)35(28)55/h3,5-6,8-9,14-17,19,27,32,40,49,55H,4,7,10-13,18,20-23,45-46H2,1-2H3,(H,47,56)/b31-17-. The molecule has 0 spiro atoms. The predicted octanol–water partition coefficient (Wildman–Crippen LogP) is 2.49. The smallest absolute Gasteiger partial charge is 0.263 e. The number of nitrogens with zero attached hydrogens (tertiary/aromatic N) is 5. The van der Waals surface area contributed by atoms with Gasteiger partial charge in [0.25, 0.3) is 18.2 Å². The lowest BCUT2D eigenvalue weighted by Gasteiger charge is -2.43. The number of pyridine rings is 1. The number of amides is 2. The molecule has 18 heteroatoms. The van der Waals surface area contributed by atoms with E-state index in [1.807, 2.05) is 24.3 Å². The van der Waals surface area contributed by atoms with Gasteiger partial charge in [-0.15, -0.1) is 0 Å². The molecule has 0 bridgehead atoms. The molecule has 2 saturated heterocycles. The molecule has 0 radical (unpaired) electrons. The summed E-state index contributed by atoms with van der Waals surface area (Å²) in [5, 5.41) is 15.7. The second-order valence-corrected chi connectivity index (χ2v) is 15.1. The third kappa shape index (κ3) is 8.00. The Morgan fingerprint density at radius 3 is 2.68 bits per heavy atom. The van der Waals surface area contributed by atoms with E-state index in [2.05, 4.69) is 25.4 Å². The highest BCUT2D eigenvalue weighted by atomic mass is 19.3. The zero-order valence-electron chi connectivity index (χ0n) is 32.8. The summed E-state index contributed by atoms with van der Waals surface area (Å²) in [6.45, 7) is 3.56. The molecule has 15 nitrogen and oxygen atoms in total. The van der Waals surface area contributed by atoms with Crippen LogP contribution in [0, 0.1) is 5.82 Å². The summed E-state index contributed by atoms with van der Waals surface area (Å²) in [5.74, 6) is -1.48. The number of benzene rings is 2. The van der Waals surface area contributed by atoms with Gasteiger partial charge in [-0.05, 0) is 54.0 Å². The van der Waals surface area contributed by atoms with Crippen molar-refractivity contribution in [2.75, 3.05) is 58.3 Å². The van der Waals surface area contributed by atoms with Crippen LogP contribution in [0.1, 0.15) is 46.3 Å². The van der Waals surface area contributed by atoms with Crippen molar-refractivity contribution in [1.82, 2.24) is 30.3 Å². The minimum atomic E-state index is -2.81. The number of piperazine rings is 1. The fourth-order valence-corrected chi connectivity index (χ4v) is 8.39. The van der Waals surface area contributed by atoms with Gasteiger partial charge in [0.05, 0.1) is 19.4 Å². The average molecular weight is 820 g/mol. The molecule has 2 fully saturated rings. The van der Waals surface area contributed by atoms with Gasteiger partial charge in [-0.2, -0.15) is 0 Å². The van der Waals surface area contributed by atoms with Crippen LogP contribution in [0.5, 0.6) is 17.4 Å². The van der Waals surface area contributed by atoms with Crippen molar-refractivity contribution in [2.45, 2.75) is 56.5 Å². The lowest BCUT2D eigenvalue weighted by molar-refractivity contribution is -0.125. The largest absolute Gasteiger partial charge is 0.504 e. The van der Waals surface area contributed by atoms with Crippen molar-refractivity contribution >= 4 is 29.5 Å². The van der Waals surface area contributed by atoms with E-state index in [0.717, 1.165) is 42.3 Å². The Balaban J connectivity index is 0.986. The number of ether oxygens (including phenoxy) is 2. The van der Waals surface area contributed by atoms with Crippen molar-refractivity contribution in [1.29, 1.82) is 0 Å². The number of alkyl halides is 2. The molecule has 4 aliphatic heterocycles. The Hall–Kier alpha value is -6.17. The van der Waals surface area contributed by atoms with E-state index in [0.29, 0.717) is 37.5 Å². The highest BCUT2D eigenvalue weighted by molar-refractivity contribution is 6.02. The Kier molecular flexibility index (Phi) is 11.8. The second kappa shape index (κ2) is 17.0. The summed E-state index contributed by atoms with van der Waals surface area (Å²) in [7, 11) is 3.00. The van der Waals surface area contributed by atoms with Gasteiger partial charge in [-0.1, -0.05) is 12.1 Å². The van der Waals surface area contributed by atoms with E-state index >= 15 is 0 Å². The number of aromatic hydroxyl groups is 1. The monoisotopic (exact) mass is 819 g/mol. The molecule has 3 aromatic rings. The Morgan fingerprint density at radius 2 is 1.97 bits per heavy atom. The predicted molar refractivity (Wildman–Crippen MR) is 212 cm³/mol. The van der Waals surface area contributed by atoms with Crippen LogP contribution in [0.3, 0.4) is 0 Å². The third-order valence-electron chi connectivity index (χ3n) is 11.6. The van der Waals surface area contributed by atoms with Crippen LogP contribution < -0.4 is 36.5 Å². The SMILES string of the molecule is CNC(=O)C(CCC=O)N1Cc2ccc(N3CCN(Cc4cnc(OC5CN6C(/C=C(\N)c7cccc(F)c7O)=C(N)NCC6(C(F)F)C5)c(OC)c4)CC3)cc2C1=O. The number of phenolic OH excluding ortho intramolecular Hbond substituents is 1. The summed E-state index contributed by atoms with van der Waals surface area (Å²) in [6.07, 6.45) is 0.553. The number of carbonyl (C=O) groups excluding carboxylic acids is 3.